The molecule has 6 heteroatoms. The Morgan fingerprint density at radius 3 is 2.73 bits per heavy atom. The Morgan fingerprint density at radius 2 is 2.05 bits per heavy atom. The van der Waals surface area contributed by atoms with E-state index in [2.05, 4.69) is 20.6 Å². The predicted molar refractivity (Wildman–Crippen MR) is 85.9 cm³/mol. The molecule has 6 nitrogen and oxygen atoms in total. The van der Waals surface area contributed by atoms with Gasteiger partial charge in [0.05, 0.1) is 19.3 Å². The third kappa shape index (κ3) is 4.37. The lowest BCUT2D eigenvalue weighted by atomic mass is 10.2. The summed E-state index contributed by atoms with van der Waals surface area (Å²) in [5, 5.41) is 16.2. The molecule has 1 heterocycles. The van der Waals surface area contributed by atoms with Gasteiger partial charge in [-0.1, -0.05) is 6.07 Å². The van der Waals surface area contributed by atoms with E-state index in [1.54, 1.807) is 38.6 Å². The summed E-state index contributed by atoms with van der Waals surface area (Å²) in [5.74, 6) is 1.55. The second-order valence-corrected chi connectivity index (χ2v) is 4.60. The van der Waals surface area contributed by atoms with E-state index in [1.165, 1.54) is 0 Å². The van der Waals surface area contributed by atoms with Crippen molar-refractivity contribution >= 4 is 5.96 Å². The molecular formula is C16H20N4O2. The van der Waals surface area contributed by atoms with E-state index in [-0.39, 0.29) is 5.75 Å². The van der Waals surface area contributed by atoms with Crippen LogP contribution in [0.4, 0.5) is 0 Å². The van der Waals surface area contributed by atoms with E-state index in [9.17, 15) is 5.11 Å². The summed E-state index contributed by atoms with van der Waals surface area (Å²) >= 11 is 0. The SMILES string of the molecule is CN=C(NCc1ccccn1)NCc1cc(OC)ccc1O. The maximum absolute atomic E-state index is 9.86. The van der Waals surface area contributed by atoms with Crippen LogP contribution in [0.1, 0.15) is 11.3 Å². The molecule has 1 aromatic heterocycles. The van der Waals surface area contributed by atoms with Gasteiger partial charge in [0.15, 0.2) is 5.96 Å². The van der Waals surface area contributed by atoms with Gasteiger partial charge in [-0.15, -0.1) is 0 Å². The number of aromatic nitrogens is 1. The number of guanidine groups is 1. The van der Waals surface area contributed by atoms with Gasteiger partial charge in [-0.25, -0.2) is 0 Å². The maximum Gasteiger partial charge on any atom is 0.191 e. The largest absolute Gasteiger partial charge is 0.508 e. The third-order valence-corrected chi connectivity index (χ3v) is 3.12. The lowest BCUT2D eigenvalue weighted by Crippen LogP contribution is -2.36. The van der Waals surface area contributed by atoms with Crippen molar-refractivity contribution in [2.75, 3.05) is 14.2 Å². The van der Waals surface area contributed by atoms with E-state index in [4.69, 9.17) is 4.74 Å². The van der Waals surface area contributed by atoms with Crippen molar-refractivity contribution in [2.45, 2.75) is 13.1 Å². The quantitative estimate of drug-likeness (QED) is 0.578. The second-order valence-electron chi connectivity index (χ2n) is 4.60. The molecule has 1 aromatic carbocycles. The molecule has 116 valence electrons. The Kier molecular flexibility index (Phi) is 5.59. The minimum Gasteiger partial charge on any atom is -0.508 e. The summed E-state index contributed by atoms with van der Waals surface area (Å²) in [6, 6.07) is 10.9. The molecule has 0 unspecified atom stereocenters. The number of aliphatic imine (C=N–C) groups is 1. The number of nitrogens with zero attached hydrogens (tertiary/aromatic N) is 2. The fourth-order valence-corrected chi connectivity index (χ4v) is 1.91. The summed E-state index contributed by atoms with van der Waals surface area (Å²) in [6.07, 6.45) is 1.75. The number of pyridine rings is 1. The fourth-order valence-electron chi connectivity index (χ4n) is 1.91. The Labute approximate surface area is 129 Å². The van der Waals surface area contributed by atoms with Crippen molar-refractivity contribution in [1.29, 1.82) is 0 Å². The molecule has 0 bridgehead atoms. The molecule has 0 saturated carbocycles. The summed E-state index contributed by atoms with van der Waals surface area (Å²) in [5.41, 5.74) is 1.66. The molecule has 0 aliphatic carbocycles. The Morgan fingerprint density at radius 1 is 1.23 bits per heavy atom. The van der Waals surface area contributed by atoms with E-state index < -0.39 is 0 Å². The van der Waals surface area contributed by atoms with Crippen molar-refractivity contribution in [2.24, 2.45) is 4.99 Å². The number of hydrogen-bond acceptors (Lipinski definition) is 4. The van der Waals surface area contributed by atoms with Crippen molar-refractivity contribution in [1.82, 2.24) is 15.6 Å². The number of benzene rings is 1. The van der Waals surface area contributed by atoms with Gasteiger partial charge in [0, 0.05) is 25.4 Å². The van der Waals surface area contributed by atoms with Crippen LogP contribution >= 0.6 is 0 Å². The average molecular weight is 300 g/mol. The number of nitrogens with one attached hydrogen (secondary N) is 2. The number of hydrogen-bond donors (Lipinski definition) is 3. The predicted octanol–water partition coefficient (Wildman–Crippen LogP) is 1.66. The topological polar surface area (TPSA) is 78.8 Å². The zero-order valence-electron chi connectivity index (χ0n) is 12.7. The van der Waals surface area contributed by atoms with Gasteiger partial charge < -0.3 is 20.5 Å². The van der Waals surface area contributed by atoms with Crippen LogP contribution in [0.25, 0.3) is 0 Å². The summed E-state index contributed by atoms with van der Waals surface area (Å²) in [6.45, 7) is 1.01. The highest BCUT2D eigenvalue weighted by atomic mass is 16.5. The summed E-state index contributed by atoms with van der Waals surface area (Å²) in [4.78, 5) is 8.38. The smallest absolute Gasteiger partial charge is 0.191 e. The lowest BCUT2D eigenvalue weighted by Gasteiger charge is -2.13. The Balaban J connectivity index is 1.91. The number of ether oxygens (including phenoxy) is 1. The average Bonchev–Trinajstić information content (AvgIpc) is 2.57. The zero-order valence-corrected chi connectivity index (χ0v) is 12.7. The van der Waals surface area contributed by atoms with Gasteiger partial charge in [-0.2, -0.15) is 0 Å². The molecule has 22 heavy (non-hydrogen) atoms. The molecule has 0 radical (unpaired) electrons. The molecule has 0 amide bonds. The van der Waals surface area contributed by atoms with Crippen LogP contribution in [0.3, 0.4) is 0 Å². The molecule has 2 rings (SSSR count). The molecule has 0 aliphatic heterocycles. The van der Waals surface area contributed by atoms with Gasteiger partial charge in [-0.3, -0.25) is 9.98 Å². The fraction of sp³-hybridized carbons (Fsp3) is 0.250. The van der Waals surface area contributed by atoms with Crippen molar-refractivity contribution in [3.63, 3.8) is 0 Å². The van der Waals surface area contributed by atoms with E-state index in [0.29, 0.717) is 24.8 Å². The van der Waals surface area contributed by atoms with Gasteiger partial charge in [0.2, 0.25) is 0 Å². The standard InChI is InChI=1S/C16H20N4O2/c1-17-16(20-11-13-5-3-4-8-18-13)19-10-12-9-14(22-2)6-7-15(12)21/h3-9,21H,10-11H2,1-2H3,(H2,17,19,20). The van der Waals surface area contributed by atoms with Crippen LogP contribution in [0.15, 0.2) is 47.6 Å². The van der Waals surface area contributed by atoms with E-state index in [1.807, 2.05) is 18.2 Å². The molecule has 3 N–H and O–H groups in total. The number of phenols is 1. The van der Waals surface area contributed by atoms with Gasteiger partial charge in [0.25, 0.3) is 0 Å². The van der Waals surface area contributed by atoms with Gasteiger partial charge in [-0.05, 0) is 30.3 Å². The first-order valence-corrected chi connectivity index (χ1v) is 6.93. The molecule has 0 spiro atoms. The zero-order chi connectivity index (χ0) is 15.8. The summed E-state index contributed by atoms with van der Waals surface area (Å²) < 4.78 is 5.16. The number of methoxy groups -OCH3 is 1. The van der Waals surface area contributed by atoms with Crippen molar-refractivity contribution in [3.8, 4) is 11.5 Å². The normalized spacial score (nSPS) is 11.1. The van der Waals surface area contributed by atoms with Crippen LogP contribution in [0, 0.1) is 0 Å². The number of rotatable bonds is 5. The van der Waals surface area contributed by atoms with E-state index in [0.717, 1.165) is 11.3 Å². The molecular weight excluding hydrogens is 280 g/mol. The maximum atomic E-state index is 9.86. The third-order valence-electron chi connectivity index (χ3n) is 3.12. The monoisotopic (exact) mass is 300 g/mol. The molecule has 0 aliphatic rings. The van der Waals surface area contributed by atoms with Crippen LogP contribution in [-0.4, -0.2) is 30.2 Å². The van der Waals surface area contributed by atoms with Gasteiger partial charge >= 0.3 is 0 Å². The van der Waals surface area contributed by atoms with Crippen LogP contribution in [-0.2, 0) is 13.1 Å². The number of phenolic OH excluding ortho intramolecular Hbond substituents is 1. The molecule has 0 fully saturated rings. The summed E-state index contributed by atoms with van der Waals surface area (Å²) in [7, 11) is 3.29. The number of aromatic hydroxyl groups is 1. The van der Waals surface area contributed by atoms with Crippen LogP contribution in [0.2, 0.25) is 0 Å². The first-order chi connectivity index (χ1) is 10.7. The van der Waals surface area contributed by atoms with E-state index >= 15 is 0 Å². The van der Waals surface area contributed by atoms with Crippen molar-refractivity contribution < 1.29 is 9.84 Å². The highest BCUT2D eigenvalue weighted by Crippen LogP contribution is 2.22. The van der Waals surface area contributed by atoms with Crippen LogP contribution < -0.4 is 15.4 Å². The lowest BCUT2D eigenvalue weighted by molar-refractivity contribution is 0.410. The molecule has 0 atom stereocenters. The molecule has 2 aromatic rings. The first kappa shape index (κ1) is 15.6. The highest BCUT2D eigenvalue weighted by Gasteiger charge is 2.05. The Bertz CT molecular complexity index is 629. The van der Waals surface area contributed by atoms with Crippen molar-refractivity contribution in [3.05, 3.63) is 53.9 Å². The highest BCUT2D eigenvalue weighted by molar-refractivity contribution is 5.79. The van der Waals surface area contributed by atoms with Gasteiger partial charge in [0.1, 0.15) is 11.5 Å². The first-order valence-electron chi connectivity index (χ1n) is 6.93. The second kappa shape index (κ2) is 7.87. The minimum absolute atomic E-state index is 0.216. The minimum atomic E-state index is 0.216. The molecule has 0 saturated heterocycles. The van der Waals surface area contributed by atoms with Crippen LogP contribution in [0.5, 0.6) is 11.5 Å². The Hall–Kier alpha value is -2.76.